The zero-order valence-corrected chi connectivity index (χ0v) is 14.5. The normalized spacial score (nSPS) is 25.6. The smallest absolute Gasteiger partial charge is 0.246 e. The molecule has 2 aliphatic heterocycles. The van der Waals surface area contributed by atoms with E-state index in [4.69, 9.17) is 0 Å². The number of piperazine rings is 1. The van der Waals surface area contributed by atoms with Gasteiger partial charge in [-0.3, -0.25) is 9.59 Å². The average Bonchev–Trinajstić information content (AvgIpc) is 2.93. The summed E-state index contributed by atoms with van der Waals surface area (Å²) in [5.74, 6) is 1.68. The van der Waals surface area contributed by atoms with Gasteiger partial charge in [0, 0.05) is 37.8 Å². The number of nitrogens with one attached hydrogen (secondary N) is 1. The van der Waals surface area contributed by atoms with Crippen LogP contribution < -0.4 is 5.32 Å². The van der Waals surface area contributed by atoms with Crippen molar-refractivity contribution in [1.82, 2.24) is 15.1 Å². The lowest BCUT2D eigenvalue weighted by molar-refractivity contribution is -0.144. The molecule has 2 unspecified atom stereocenters. The summed E-state index contributed by atoms with van der Waals surface area (Å²) in [7, 11) is 0. The van der Waals surface area contributed by atoms with E-state index in [0.29, 0.717) is 18.3 Å². The molecular weight excluding hydrogens is 310 g/mol. The zero-order chi connectivity index (χ0) is 14.5. The van der Waals surface area contributed by atoms with Gasteiger partial charge in [0.15, 0.2) is 0 Å². The van der Waals surface area contributed by atoms with Crippen molar-refractivity contribution in [3.63, 3.8) is 0 Å². The van der Waals surface area contributed by atoms with Crippen molar-refractivity contribution < 1.29 is 9.59 Å². The maximum Gasteiger partial charge on any atom is 0.246 e. The SMILES string of the molecule is CCCCC(=O)N1CSCC1C(=O)N1CCNC(C)C1.Cl. The Morgan fingerprint density at radius 1 is 1.38 bits per heavy atom. The molecule has 2 amide bonds. The second-order valence-corrected chi connectivity index (χ2v) is 6.62. The van der Waals surface area contributed by atoms with Crippen LogP contribution in [-0.4, -0.2) is 65.0 Å². The summed E-state index contributed by atoms with van der Waals surface area (Å²) in [6.07, 6.45) is 2.49. The van der Waals surface area contributed by atoms with Crippen molar-refractivity contribution in [2.45, 2.75) is 45.2 Å². The maximum atomic E-state index is 12.6. The molecule has 2 aliphatic rings. The molecule has 0 aromatic heterocycles. The number of nitrogens with zero attached hydrogens (tertiary/aromatic N) is 2. The third kappa shape index (κ3) is 4.76. The Hall–Kier alpha value is -0.460. The molecule has 0 bridgehead atoms. The number of rotatable bonds is 4. The predicted octanol–water partition coefficient (Wildman–Crippen LogP) is 1.32. The number of unbranched alkanes of at least 4 members (excludes halogenated alkanes) is 1. The topological polar surface area (TPSA) is 52.7 Å². The molecule has 5 nitrogen and oxygen atoms in total. The van der Waals surface area contributed by atoms with E-state index in [1.807, 2.05) is 4.90 Å². The molecule has 7 heteroatoms. The van der Waals surface area contributed by atoms with Gasteiger partial charge in [-0.1, -0.05) is 13.3 Å². The predicted molar refractivity (Wildman–Crippen MR) is 88.8 cm³/mol. The molecule has 2 atom stereocenters. The van der Waals surface area contributed by atoms with Gasteiger partial charge >= 0.3 is 0 Å². The minimum Gasteiger partial charge on any atom is -0.338 e. The highest BCUT2D eigenvalue weighted by Gasteiger charge is 2.37. The van der Waals surface area contributed by atoms with E-state index in [-0.39, 0.29) is 30.3 Å². The van der Waals surface area contributed by atoms with E-state index < -0.39 is 0 Å². The molecule has 1 N–H and O–H groups in total. The van der Waals surface area contributed by atoms with Crippen LogP contribution in [0.5, 0.6) is 0 Å². The van der Waals surface area contributed by atoms with Gasteiger partial charge in [0.2, 0.25) is 11.8 Å². The minimum absolute atomic E-state index is 0. The Labute approximate surface area is 137 Å². The van der Waals surface area contributed by atoms with Gasteiger partial charge < -0.3 is 15.1 Å². The first-order valence-corrected chi connectivity index (χ1v) is 8.68. The molecule has 0 aromatic rings. The monoisotopic (exact) mass is 335 g/mol. The van der Waals surface area contributed by atoms with Crippen molar-refractivity contribution >= 4 is 36.0 Å². The standard InChI is InChI=1S/C14H25N3O2S.ClH/c1-3-4-5-13(18)17-10-20-9-12(17)14(19)16-7-6-15-11(2)8-16;/h11-12,15H,3-10H2,1-2H3;1H. The fourth-order valence-corrected chi connectivity index (χ4v) is 3.88. The van der Waals surface area contributed by atoms with Crippen LogP contribution in [0.2, 0.25) is 0 Å². The largest absolute Gasteiger partial charge is 0.338 e. The molecule has 0 saturated carbocycles. The van der Waals surface area contributed by atoms with Gasteiger partial charge in [-0.2, -0.15) is 0 Å². The Kier molecular flexibility index (Phi) is 7.84. The number of carbonyl (C=O) groups excluding carboxylic acids is 2. The summed E-state index contributed by atoms with van der Waals surface area (Å²) < 4.78 is 0. The van der Waals surface area contributed by atoms with Gasteiger partial charge in [-0.15, -0.1) is 24.2 Å². The zero-order valence-electron chi connectivity index (χ0n) is 12.8. The summed E-state index contributed by atoms with van der Waals surface area (Å²) in [4.78, 5) is 28.5. The van der Waals surface area contributed by atoms with Crippen LogP contribution in [0.3, 0.4) is 0 Å². The molecule has 0 radical (unpaired) electrons. The van der Waals surface area contributed by atoms with E-state index >= 15 is 0 Å². The fraction of sp³-hybridized carbons (Fsp3) is 0.857. The van der Waals surface area contributed by atoms with Crippen LogP contribution in [0.4, 0.5) is 0 Å². The van der Waals surface area contributed by atoms with Gasteiger partial charge in [-0.05, 0) is 13.3 Å². The van der Waals surface area contributed by atoms with Gasteiger partial charge in [0.25, 0.3) is 0 Å². The van der Waals surface area contributed by atoms with E-state index in [1.165, 1.54) is 0 Å². The maximum absolute atomic E-state index is 12.6. The second-order valence-electron chi connectivity index (χ2n) is 5.62. The number of amides is 2. The first-order valence-electron chi connectivity index (χ1n) is 7.53. The van der Waals surface area contributed by atoms with Crippen molar-refractivity contribution in [2.24, 2.45) is 0 Å². The van der Waals surface area contributed by atoms with Crippen LogP contribution in [0.1, 0.15) is 33.1 Å². The highest BCUT2D eigenvalue weighted by atomic mass is 35.5. The molecule has 2 rings (SSSR count). The van der Waals surface area contributed by atoms with Gasteiger partial charge in [0.1, 0.15) is 6.04 Å². The third-order valence-corrected chi connectivity index (χ3v) is 4.92. The first-order chi connectivity index (χ1) is 9.63. The number of thioether (sulfide) groups is 1. The van der Waals surface area contributed by atoms with E-state index in [0.717, 1.165) is 38.2 Å². The average molecular weight is 336 g/mol. The Bertz CT molecular complexity index is 370. The summed E-state index contributed by atoms with van der Waals surface area (Å²) >= 11 is 1.69. The summed E-state index contributed by atoms with van der Waals surface area (Å²) in [6.45, 7) is 6.51. The Morgan fingerprint density at radius 2 is 2.14 bits per heavy atom. The molecule has 0 aliphatic carbocycles. The van der Waals surface area contributed by atoms with Gasteiger partial charge in [0.05, 0.1) is 5.88 Å². The number of halogens is 1. The molecule has 0 aromatic carbocycles. The van der Waals surface area contributed by atoms with E-state index in [1.54, 1.807) is 16.7 Å². The third-order valence-electron chi connectivity index (χ3n) is 3.91. The Balaban J connectivity index is 0.00000220. The molecule has 2 fully saturated rings. The van der Waals surface area contributed by atoms with Crippen molar-refractivity contribution in [3.8, 4) is 0 Å². The molecule has 2 saturated heterocycles. The van der Waals surface area contributed by atoms with Crippen LogP contribution >= 0.6 is 24.2 Å². The van der Waals surface area contributed by atoms with Crippen molar-refractivity contribution in [3.05, 3.63) is 0 Å². The number of carbonyl (C=O) groups is 2. The van der Waals surface area contributed by atoms with E-state index in [2.05, 4.69) is 19.2 Å². The molecule has 122 valence electrons. The quantitative estimate of drug-likeness (QED) is 0.842. The van der Waals surface area contributed by atoms with Crippen LogP contribution in [-0.2, 0) is 9.59 Å². The fourth-order valence-electron chi connectivity index (χ4n) is 2.71. The van der Waals surface area contributed by atoms with Gasteiger partial charge in [-0.25, -0.2) is 0 Å². The van der Waals surface area contributed by atoms with Crippen LogP contribution in [0, 0.1) is 0 Å². The lowest BCUT2D eigenvalue weighted by atomic mass is 10.1. The van der Waals surface area contributed by atoms with Crippen molar-refractivity contribution in [2.75, 3.05) is 31.3 Å². The summed E-state index contributed by atoms with van der Waals surface area (Å²) in [5, 5.41) is 3.34. The summed E-state index contributed by atoms with van der Waals surface area (Å²) in [5.41, 5.74) is 0. The van der Waals surface area contributed by atoms with Crippen molar-refractivity contribution in [1.29, 1.82) is 0 Å². The molecule has 2 heterocycles. The number of hydrogen-bond acceptors (Lipinski definition) is 4. The highest BCUT2D eigenvalue weighted by molar-refractivity contribution is 7.99. The van der Waals surface area contributed by atoms with Crippen LogP contribution in [0.25, 0.3) is 0 Å². The second kappa shape index (κ2) is 8.86. The first kappa shape index (κ1) is 18.6. The lowest BCUT2D eigenvalue weighted by Gasteiger charge is -2.35. The number of hydrogen-bond donors (Lipinski definition) is 1. The lowest BCUT2D eigenvalue weighted by Crippen LogP contribution is -2.56. The van der Waals surface area contributed by atoms with Crippen LogP contribution in [0.15, 0.2) is 0 Å². The minimum atomic E-state index is -0.241. The van der Waals surface area contributed by atoms with E-state index in [9.17, 15) is 9.59 Å². The molecule has 0 spiro atoms. The highest BCUT2D eigenvalue weighted by Crippen LogP contribution is 2.24. The Morgan fingerprint density at radius 3 is 2.81 bits per heavy atom. The molecular formula is C14H26ClN3O2S. The molecule has 21 heavy (non-hydrogen) atoms. The summed E-state index contributed by atoms with van der Waals surface area (Å²) in [6, 6.07) is 0.0978.